The fraction of sp³-hybridized carbons (Fsp3) is 0.500. The van der Waals surface area contributed by atoms with Crippen molar-refractivity contribution in [1.82, 2.24) is 4.72 Å². The normalized spacial score (nSPS) is 20.4. The van der Waals surface area contributed by atoms with Crippen molar-refractivity contribution in [2.24, 2.45) is 0 Å². The zero-order valence-corrected chi connectivity index (χ0v) is 10.8. The van der Waals surface area contributed by atoms with E-state index in [4.69, 9.17) is 4.74 Å². The lowest BCUT2D eigenvalue weighted by molar-refractivity contribution is 0.0991. The van der Waals surface area contributed by atoms with Crippen LogP contribution in [0.1, 0.15) is 19.8 Å². The molecule has 1 atom stereocenters. The lowest BCUT2D eigenvalue weighted by Gasteiger charge is -2.21. The van der Waals surface area contributed by atoms with Crippen molar-refractivity contribution in [1.29, 1.82) is 0 Å². The van der Waals surface area contributed by atoms with E-state index >= 15 is 0 Å². The van der Waals surface area contributed by atoms with Crippen molar-refractivity contribution >= 4 is 11.0 Å². The molecule has 1 heterocycles. The largest absolute Gasteiger partial charge is 0.508 e. The average molecular weight is 257 g/mol. The molecule has 5 heteroatoms. The van der Waals surface area contributed by atoms with E-state index in [1.807, 2.05) is 0 Å². The minimum absolute atomic E-state index is 0.0916. The van der Waals surface area contributed by atoms with Crippen molar-refractivity contribution in [3.05, 3.63) is 36.3 Å². The highest BCUT2D eigenvalue weighted by Gasteiger charge is 2.20. The Labute approximate surface area is 105 Å². The second-order valence-electron chi connectivity index (χ2n) is 3.81. The van der Waals surface area contributed by atoms with Crippen LogP contribution >= 0.6 is 0 Å². The van der Waals surface area contributed by atoms with Crippen LogP contribution in [0.2, 0.25) is 0 Å². The summed E-state index contributed by atoms with van der Waals surface area (Å²) in [4.78, 5) is 0. The number of hydrogen-bond acceptors (Lipinski definition) is 3. The van der Waals surface area contributed by atoms with Crippen LogP contribution in [0.5, 0.6) is 0 Å². The summed E-state index contributed by atoms with van der Waals surface area (Å²) in [7, 11) is -1.17. The molecule has 4 nitrogen and oxygen atoms in total. The van der Waals surface area contributed by atoms with Gasteiger partial charge in [-0.05, 0) is 25.8 Å². The highest BCUT2D eigenvalue weighted by Crippen LogP contribution is 2.12. The van der Waals surface area contributed by atoms with E-state index in [1.54, 1.807) is 19.1 Å². The van der Waals surface area contributed by atoms with Crippen LogP contribution in [0.25, 0.3) is 0 Å². The molecule has 1 aliphatic heterocycles. The Bertz CT molecular complexity index is 344. The quantitative estimate of drug-likeness (QED) is 0.584. The number of aliphatic hydroxyl groups excluding tert-OH is 1. The zero-order valence-electron chi connectivity index (χ0n) is 10.0. The zero-order chi connectivity index (χ0) is 12.7. The maximum absolute atomic E-state index is 11.9. The summed E-state index contributed by atoms with van der Waals surface area (Å²) >= 11 is 0. The van der Waals surface area contributed by atoms with Crippen LogP contribution in [0.4, 0.5) is 0 Å². The topological polar surface area (TPSA) is 58.6 Å². The van der Waals surface area contributed by atoms with Gasteiger partial charge in [0.25, 0.3) is 0 Å². The van der Waals surface area contributed by atoms with Crippen molar-refractivity contribution in [2.75, 3.05) is 13.2 Å². The van der Waals surface area contributed by atoms with Crippen LogP contribution in [0, 0.1) is 0 Å². The first-order chi connectivity index (χ1) is 8.13. The Morgan fingerprint density at radius 1 is 1.53 bits per heavy atom. The molecule has 0 aromatic heterocycles. The molecule has 1 unspecified atom stereocenters. The Hall–Kier alpha value is -1.07. The third-order valence-electron chi connectivity index (χ3n) is 2.36. The Morgan fingerprint density at radius 2 is 2.18 bits per heavy atom. The lowest BCUT2D eigenvalue weighted by atomic mass is 10.2. The molecule has 2 N–H and O–H groups in total. The van der Waals surface area contributed by atoms with Gasteiger partial charge in [-0.2, -0.15) is 0 Å². The number of ether oxygens (including phenoxy) is 1. The number of aliphatic hydroxyl groups is 1. The first kappa shape index (κ1) is 14.0. The second-order valence-corrected chi connectivity index (χ2v) is 5.27. The van der Waals surface area contributed by atoms with Gasteiger partial charge in [-0.15, -0.1) is 0 Å². The Kier molecular flexibility index (Phi) is 6.00. The van der Waals surface area contributed by atoms with Crippen molar-refractivity contribution in [3.8, 4) is 0 Å². The van der Waals surface area contributed by atoms with Gasteiger partial charge >= 0.3 is 0 Å². The fourth-order valence-electron chi connectivity index (χ4n) is 1.53. The number of hydrogen-bond donors (Lipinski definition) is 2. The van der Waals surface area contributed by atoms with Crippen LogP contribution in [0.15, 0.2) is 36.3 Å². The van der Waals surface area contributed by atoms with E-state index in [0.29, 0.717) is 18.9 Å². The highest BCUT2D eigenvalue weighted by molar-refractivity contribution is 7.83. The smallest absolute Gasteiger partial charge is 0.120 e. The van der Waals surface area contributed by atoms with Crippen LogP contribution < -0.4 is 4.72 Å². The molecule has 0 aromatic rings. The Balaban J connectivity index is 2.45. The third kappa shape index (κ3) is 5.19. The van der Waals surface area contributed by atoms with Crippen LogP contribution in [-0.2, 0) is 15.7 Å². The first-order valence-corrected chi connectivity index (χ1v) is 6.82. The van der Waals surface area contributed by atoms with Gasteiger partial charge in [0.2, 0.25) is 0 Å². The molecule has 0 saturated carbocycles. The monoisotopic (exact) mass is 257 g/mol. The van der Waals surface area contributed by atoms with Gasteiger partial charge in [-0.25, -0.2) is 4.21 Å². The van der Waals surface area contributed by atoms with Crippen LogP contribution in [0.3, 0.4) is 0 Å². The highest BCUT2D eigenvalue weighted by atomic mass is 32.2. The van der Waals surface area contributed by atoms with Gasteiger partial charge in [0.1, 0.15) is 16.7 Å². The molecule has 1 aliphatic rings. The summed E-state index contributed by atoms with van der Waals surface area (Å²) in [6.45, 7) is 6.83. The minimum Gasteiger partial charge on any atom is -0.508 e. The second kappa shape index (κ2) is 7.29. The van der Waals surface area contributed by atoms with Crippen molar-refractivity contribution < 1.29 is 14.1 Å². The van der Waals surface area contributed by atoms with Crippen LogP contribution in [-0.4, -0.2) is 27.8 Å². The Morgan fingerprint density at radius 3 is 2.76 bits per heavy atom. The van der Waals surface area contributed by atoms with Crippen molar-refractivity contribution in [2.45, 2.75) is 25.0 Å². The molecule has 0 amide bonds. The van der Waals surface area contributed by atoms with E-state index in [9.17, 15) is 9.32 Å². The molecule has 17 heavy (non-hydrogen) atoms. The molecular formula is C12H19NO3S. The summed E-state index contributed by atoms with van der Waals surface area (Å²) in [6.07, 6.45) is 6.30. The summed E-state index contributed by atoms with van der Waals surface area (Å²) in [6, 6.07) is 0. The van der Waals surface area contributed by atoms with E-state index in [2.05, 4.69) is 11.3 Å². The molecule has 0 radical (unpaired) electrons. The fourth-order valence-corrected chi connectivity index (χ4v) is 2.63. The third-order valence-corrected chi connectivity index (χ3v) is 3.90. The van der Waals surface area contributed by atoms with E-state index in [-0.39, 0.29) is 11.0 Å². The molecule has 1 fully saturated rings. The van der Waals surface area contributed by atoms with Gasteiger partial charge in [0.05, 0.1) is 5.25 Å². The van der Waals surface area contributed by atoms with E-state index in [0.717, 1.165) is 12.8 Å². The predicted octanol–water partition coefficient (Wildman–Crippen LogP) is 1.95. The van der Waals surface area contributed by atoms with Gasteiger partial charge in [0, 0.05) is 25.0 Å². The number of allylic oxidation sites excluding steroid dienone is 3. The van der Waals surface area contributed by atoms with E-state index < -0.39 is 11.0 Å². The van der Waals surface area contributed by atoms with Gasteiger partial charge in [-0.1, -0.05) is 12.7 Å². The summed E-state index contributed by atoms with van der Waals surface area (Å²) in [5.41, 5.74) is 0.449. The number of rotatable bonds is 5. The number of nitrogens with one attached hydrogen (secondary N) is 1. The molecule has 96 valence electrons. The molecule has 1 rings (SSSR count). The average Bonchev–Trinajstić information content (AvgIpc) is 2.30. The maximum atomic E-state index is 11.9. The standard InChI is InChI=1S/C12H19NO3S/c1-3-4-11(14)9-10(2)13-17(15)12-5-7-16-8-6-12/h3-4,9,12-14H,2,5-8H2,1H3/b4-3-,11-9+. The molecular weight excluding hydrogens is 238 g/mol. The summed E-state index contributed by atoms with van der Waals surface area (Å²) in [5.74, 6) is 0.0916. The van der Waals surface area contributed by atoms with Gasteiger partial charge < -0.3 is 14.6 Å². The van der Waals surface area contributed by atoms with Crippen molar-refractivity contribution in [3.63, 3.8) is 0 Å². The van der Waals surface area contributed by atoms with E-state index in [1.165, 1.54) is 6.08 Å². The van der Waals surface area contributed by atoms with Gasteiger partial charge in [0.15, 0.2) is 0 Å². The molecule has 0 aliphatic carbocycles. The summed E-state index contributed by atoms with van der Waals surface area (Å²) in [5, 5.41) is 9.49. The predicted molar refractivity (Wildman–Crippen MR) is 69.8 cm³/mol. The first-order valence-electron chi connectivity index (χ1n) is 5.60. The maximum Gasteiger partial charge on any atom is 0.120 e. The van der Waals surface area contributed by atoms with Gasteiger partial charge in [-0.3, -0.25) is 0 Å². The molecule has 1 saturated heterocycles. The molecule has 0 spiro atoms. The lowest BCUT2D eigenvalue weighted by Crippen LogP contribution is -2.32. The minimum atomic E-state index is -1.17. The molecule has 0 aromatic carbocycles. The summed E-state index contributed by atoms with van der Waals surface area (Å²) < 4.78 is 19.9. The molecule has 0 bridgehead atoms. The SMILES string of the molecule is C=C(/C=C(O)\C=C/C)NS(=O)C1CCOCC1.